The molecule has 2 unspecified atom stereocenters. The van der Waals surface area contributed by atoms with Gasteiger partial charge in [-0.25, -0.2) is 4.79 Å². The number of amides is 1. The molecule has 2 atom stereocenters. The monoisotopic (exact) mass is 409 g/mol. The van der Waals surface area contributed by atoms with Crippen LogP contribution in [0.25, 0.3) is 0 Å². The Morgan fingerprint density at radius 3 is 2.86 bits per heavy atom. The lowest BCUT2D eigenvalue weighted by Gasteiger charge is -2.18. The molecule has 1 saturated heterocycles. The summed E-state index contributed by atoms with van der Waals surface area (Å²) in [4.78, 5) is 26.3. The molecule has 156 valence electrons. The number of ether oxygens (including phenoxy) is 3. The molecule has 1 aliphatic carbocycles. The highest BCUT2D eigenvalue weighted by molar-refractivity contribution is 7.17. The average Bonchev–Trinajstić information content (AvgIpc) is 3.25. The molecule has 1 fully saturated rings. The van der Waals surface area contributed by atoms with Crippen molar-refractivity contribution in [1.82, 2.24) is 0 Å². The van der Waals surface area contributed by atoms with Crippen molar-refractivity contribution >= 4 is 28.2 Å². The predicted octanol–water partition coefficient (Wildman–Crippen LogP) is 3.96. The molecule has 0 saturated carbocycles. The SMILES string of the molecule is CC1CCc2c(sc(NC(=O)CCOCC3CCCO3)c2C(=O)OC(C)C)C1. The van der Waals surface area contributed by atoms with Gasteiger partial charge in [0.2, 0.25) is 5.91 Å². The molecule has 0 bridgehead atoms. The molecule has 1 N–H and O–H groups in total. The van der Waals surface area contributed by atoms with E-state index in [1.807, 2.05) is 13.8 Å². The van der Waals surface area contributed by atoms with Gasteiger partial charge >= 0.3 is 5.97 Å². The molecule has 3 rings (SSSR count). The van der Waals surface area contributed by atoms with Gasteiger partial charge in [-0.2, -0.15) is 0 Å². The van der Waals surface area contributed by atoms with E-state index in [4.69, 9.17) is 14.2 Å². The van der Waals surface area contributed by atoms with Crippen LogP contribution in [0.5, 0.6) is 0 Å². The van der Waals surface area contributed by atoms with Gasteiger partial charge in [-0.3, -0.25) is 4.79 Å². The number of fused-ring (bicyclic) bond motifs is 1. The highest BCUT2D eigenvalue weighted by Crippen LogP contribution is 2.40. The van der Waals surface area contributed by atoms with Gasteiger partial charge in [0.1, 0.15) is 5.00 Å². The summed E-state index contributed by atoms with van der Waals surface area (Å²) in [7, 11) is 0. The summed E-state index contributed by atoms with van der Waals surface area (Å²) in [5.74, 6) is 0.111. The number of anilines is 1. The van der Waals surface area contributed by atoms with Crippen LogP contribution in [0.2, 0.25) is 0 Å². The first-order valence-corrected chi connectivity index (χ1v) is 11.1. The second-order valence-electron chi connectivity index (χ2n) is 8.02. The summed E-state index contributed by atoms with van der Waals surface area (Å²) in [6, 6.07) is 0. The van der Waals surface area contributed by atoms with Gasteiger partial charge in [0.05, 0.1) is 37.4 Å². The van der Waals surface area contributed by atoms with Gasteiger partial charge in [-0.15, -0.1) is 11.3 Å². The van der Waals surface area contributed by atoms with Crippen molar-refractivity contribution in [2.75, 3.05) is 25.1 Å². The van der Waals surface area contributed by atoms with Gasteiger partial charge in [0.15, 0.2) is 0 Å². The normalized spacial score (nSPS) is 21.6. The van der Waals surface area contributed by atoms with Crippen LogP contribution < -0.4 is 5.32 Å². The second kappa shape index (κ2) is 9.85. The van der Waals surface area contributed by atoms with Crippen LogP contribution in [-0.4, -0.2) is 43.9 Å². The molecule has 1 aliphatic heterocycles. The maximum Gasteiger partial charge on any atom is 0.341 e. The van der Waals surface area contributed by atoms with E-state index in [0.29, 0.717) is 29.7 Å². The molecule has 28 heavy (non-hydrogen) atoms. The number of hydrogen-bond acceptors (Lipinski definition) is 6. The van der Waals surface area contributed by atoms with Crippen molar-refractivity contribution in [2.45, 2.75) is 71.5 Å². The molecule has 0 radical (unpaired) electrons. The number of nitrogens with one attached hydrogen (secondary N) is 1. The third-order valence-electron chi connectivity index (χ3n) is 5.11. The highest BCUT2D eigenvalue weighted by Gasteiger charge is 2.29. The molecule has 6 nitrogen and oxygen atoms in total. The van der Waals surface area contributed by atoms with Crippen LogP contribution in [0.3, 0.4) is 0 Å². The van der Waals surface area contributed by atoms with Crippen molar-refractivity contribution in [3.05, 3.63) is 16.0 Å². The lowest BCUT2D eigenvalue weighted by molar-refractivity contribution is -0.117. The van der Waals surface area contributed by atoms with E-state index in [-0.39, 0.29) is 30.5 Å². The molecule has 2 heterocycles. The lowest BCUT2D eigenvalue weighted by atomic mass is 9.88. The summed E-state index contributed by atoms with van der Waals surface area (Å²) < 4.78 is 16.5. The summed E-state index contributed by atoms with van der Waals surface area (Å²) in [5, 5.41) is 3.55. The molecule has 0 aromatic carbocycles. The Kier molecular flexibility index (Phi) is 7.48. The summed E-state index contributed by atoms with van der Waals surface area (Å²) >= 11 is 1.52. The van der Waals surface area contributed by atoms with Gasteiger partial charge < -0.3 is 19.5 Å². The van der Waals surface area contributed by atoms with Crippen molar-refractivity contribution in [1.29, 1.82) is 0 Å². The fraction of sp³-hybridized carbons (Fsp3) is 0.714. The fourth-order valence-electron chi connectivity index (χ4n) is 3.67. The summed E-state index contributed by atoms with van der Waals surface area (Å²) in [6.45, 7) is 7.57. The van der Waals surface area contributed by atoms with Crippen molar-refractivity contribution in [2.24, 2.45) is 5.92 Å². The maximum absolute atomic E-state index is 12.7. The van der Waals surface area contributed by atoms with E-state index in [1.165, 1.54) is 16.2 Å². The minimum Gasteiger partial charge on any atom is -0.459 e. The number of thiophene rings is 1. The lowest BCUT2D eigenvalue weighted by Crippen LogP contribution is -2.20. The molecular weight excluding hydrogens is 378 g/mol. The first kappa shape index (κ1) is 21.3. The van der Waals surface area contributed by atoms with Crippen molar-refractivity contribution in [3.63, 3.8) is 0 Å². The number of carbonyl (C=O) groups is 2. The molecule has 7 heteroatoms. The molecule has 1 amide bonds. The topological polar surface area (TPSA) is 73.9 Å². The smallest absolute Gasteiger partial charge is 0.341 e. The minimum atomic E-state index is -0.341. The molecular formula is C21H31NO5S. The Hall–Kier alpha value is -1.44. The third kappa shape index (κ3) is 5.55. The van der Waals surface area contributed by atoms with E-state index in [9.17, 15) is 9.59 Å². The zero-order valence-corrected chi connectivity index (χ0v) is 17.9. The predicted molar refractivity (Wildman–Crippen MR) is 109 cm³/mol. The Morgan fingerprint density at radius 1 is 1.32 bits per heavy atom. The standard InChI is InChI=1S/C21H31NO5S/c1-13(2)27-21(24)19-16-7-6-14(3)11-17(16)28-20(19)22-18(23)8-10-25-12-15-5-4-9-26-15/h13-15H,4-12H2,1-3H3,(H,22,23). The van der Waals surface area contributed by atoms with E-state index < -0.39 is 0 Å². The fourth-order valence-corrected chi connectivity index (χ4v) is 5.09. The van der Waals surface area contributed by atoms with E-state index in [0.717, 1.165) is 44.3 Å². The van der Waals surface area contributed by atoms with Gasteiger partial charge in [0.25, 0.3) is 0 Å². The minimum absolute atomic E-state index is 0.141. The van der Waals surface area contributed by atoms with Crippen LogP contribution >= 0.6 is 11.3 Å². The van der Waals surface area contributed by atoms with Crippen LogP contribution in [0.1, 0.15) is 67.3 Å². The molecule has 1 aromatic rings. The van der Waals surface area contributed by atoms with Gasteiger partial charge in [-0.1, -0.05) is 6.92 Å². The Balaban J connectivity index is 1.61. The third-order valence-corrected chi connectivity index (χ3v) is 6.28. The molecule has 2 aliphatic rings. The first-order valence-electron chi connectivity index (χ1n) is 10.3. The zero-order valence-electron chi connectivity index (χ0n) is 17.0. The van der Waals surface area contributed by atoms with Crippen molar-refractivity contribution in [3.8, 4) is 0 Å². The van der Waals surface area contributed by atoms with Crippen LogP contribution in [-0.2, 0) is 31.8 Å². The Morgan fingerprint density at radius 2 is 2.14 bits per heavy atom. The highest BCUT2D eigenvalue weighted by atomic mass is 32.1. The maximum atomic E-state index is 12.7. The van der Waals surface area contributed by atoms with Crippen LogP contribution in [0, 0.1) is 5.92 Å². The summed E-state index contributed by atoms with van der Waals surface area (Å²) in [6.07, 6.45) is 5.17. The number of esters is 1. The number of carbonyl (C=O) groups excluding carboxylic acids is 2. The number of hydrogen-bond donors (Lipinski definition) is 1. The van der Waals surface area contributed by atoms with Crippen molar-refractivity contribution < 1.29 is 23.8 Å². The van der Waals surface area contributed by atoms with Gasteiger partial charge in [0, 0.05) is 11.5 Å². The first-order chi connectivity index (χ1) is 13.4. The Bertz CT molecular complexity index is 693. The molecule has 0 spiro atoms. The Labute approximate surface area is 170 Å². The largest absolute Gasteiger partial charge is 0.459 e. The second-order valence-corrected chi connectivity index (χ2v) is 9.12. The molecule has 1 aromatic heterocycles. The van der Waals surface area contributed by atoms with E-state index in [1.54, 1.807) is 0 Å². The zero-order chi connectivity index (χ0) is 20.1. The van der Waals surface area contributed by atoms with Gasteiger partial charge in [-0.05, 0) is 57.4 Å². The number of rotatable bonds is 8. The average molecular weight is 410 g/mol. The van der Waals surface area contributed by atoms with E-state index in [2.05, 4.69) is 12.2 Å². The van der Waals surface area contributed by atoms with Crippen LogP contribution in [0.15, 0.2) is 0 Å². The summed E-state index contributed by atoms with van der Waals surface area (Å²) in [5.41, 5.74) is 1.60. The quantitative estimate of drug-likeness (QED) is 0.520. The van der Waals surface area contributed by atoms with E-state index >= 15 is 0 Å². The van der Waals surface area contributed by atoms with Crippen LogP contribution in [0.4, 0.5) is 5.00 Å².